The average Bonchev–Trinajstić information content (AvgIpc) is 2.81. The number of amides is 1. The topological polar surface area (TPSA) is 122 Å². The molecule has 9 nitrogen and oxygen atoms in total. The van der Waals surface area contributed by atoms with Gasteiger partial charge < -0.3 is 10.1 Å². The van der Waals surface area contributed by atoms with Crippen LogP contribution in [0.2, 0.25) is 5.02 Å². The molecule has 0 aliphatic rings. The lowest BCUT2D eigenvalue weighted by Crippen LogP contribution is -2.37. The highest BCUT2D eigenvalue weighted by Gasteiger charge is 2.31. The number of anilines is 3. The van der Waals surface area contributed by atoms with Crippen molar-refractivity contribution in [2.24, 2.45) is 0 Å². The molecule has 0 fully saturated rings. The summed E-state index contributed by atoms with van der Waals surface area (Å²) in [6.45, 7) is -0.612. The standard InChI is InChI=1S/C23H21ClF3N3O6S2/c1-36-21-11-8-18(13-20(21)24)30(37(2,32)33)14-22(31)28-16-6-9-19(10-7-16)38(34,35)29-17-5-3-4-15(12-17)23(25,26)27/h3-13,29H,14H2,1-2H3,(H,28,31). The van der Waals surface area contributed by atoms with Crippen molar-refractivity contribution in [1.82, 2.24) is 0 Å². The normalized spacial score (nSPS) is 12.1. The van der Waals surface area contributed by atoms with Gasteiger partial charge in [0.15, 0.2) is 0 Å². The van der Waals surface area contributed by atoms with Gasteiger partial charge in [-0.15, -0.1) is 0 Å². The fourth-order valence-electron chi connectivity index (χ4n) is 3.23. The molecule has 0 atom stereocenters. The van der Waals surface area contributed by atoms with E-state index in [1.807, 2.05) is 0 Å². The Kier molecular flexibility index (Phi) is 8.48. The van der Waals surface area contributed by atoms with Crippen LogP contribution in [0.5, 0.6) is 5.75 Å². The number of hydrogen-bond acceptors (Lipinski definition) is 6. The van der Waals surface area contributed by atoms with Crippen LogP contribution in [0.1, 0.15) is 5.56 Å². The van der Waals surface area contributed by atoms with Gasteiger partial charge >= 0.3 is 6.18 Å². The summed E-state index contributed by atoms with van der Waals surface area (Å²) in [7, 11) is -6.75. The van der Waals surface area contributed by atoms with E-state index in [2.05, 4.69) is 10.0 Å². The first-order chi connectivity index (χ1) is 17.6. The second-order valence-corrected chi connectivity index (χ2v) is 11.8. The van der Waals surface area contributed by atoms with E-state index in [4.69, 9.17) is 16.3 Å². The SMILES string of the molecule is COc1ccc(N(CC(=O)Nc2ccc(S(=O)(=O)Nc3cccc(C(F)(F)F)c3)cc2)S(C)(=O)=O)cc1Cl. The van der Waals surface area contributed by atoms with Crippen molar-refractivity contribution in [2.45, 2.75) is 11.1 Å². The highest BCUT2D eigenvalue weighted by molar-refractivity contribution is 7.92. The van der Waals surface area contributed by atoms with Gasteiger partial charge in [0.25, 0.3) is 10.0 Å². The molecule has 38 heavy (non-hydrogen) atoms. The average molecular weight is 592 g/mol. The molecule has 0 bridgehead atoms. The Hall–Kier alpha value is -3.49. The van der Waals surface area contributed by atoms with Crippen LogP contribution in [0.25, 0.3) is 0 Å². The summed E-state index contributed by atoms with van der Waals surface area (Å²) < 4.78 is 96.5. The van der Waals surface area contributed by atoms with E-state index in [1.165, 1.54) is 43.5 Å². The summed E-state index contributed by atoms with van der Waals surface area (Å²) in [6, 6.07) is 12.6. The third-order valence-corrected chi connectivity index (χ3v) is 7.83. The highest BCUT2D eigenvalue weighted by atomic mass is 35.5. The van der Waals surface area contributed by atoms with Crippen molar-refractivity contribution in [3.05, 3.63) is 77.3 Å². The first-order valence-electron chi connectivity index (χ1n) is 10.5. The molecule has 0 aliphatic heterocycles. The second-order valence-electron chi connectivity index (χ2n) is 7.85. The maximum atomic E-state index is 12.9. The van der Waals surface area contributed by atoms with Gasteiger partial charge in [-0.2, -0.15) is 13.2 Å². The molecule has 0 aromatic heterocycles. The Morgan fingerprint density at radius 3 is 2.18 bits per heavy atom. The molecule has 0 heterocycles. The van der Waals surface area contributed by atoms with E-state index < -0.39 is 44.2 Å². The molecule has 3 aromatic carbocycles. The number of halogens is 4. The smallest absolute Gasteiger partial charge is 0.416 e. The Balaban J connectivity index is 1.73. The van der Waals surface area contributed by atoms with E-state index in [0.717, 1.165) is 34.8 Å². The summed E-state index contributed by atoms with van der Waals surface area (Å²) in [5, 5.41) is 2.59. The minimum absolute atomic E-state index is 0.121. The molecule has 15 heteroatoms. The molecule has 204 valence electrons. The number of rotatable bonds is 9. The number of alkyl halides is 3. The molecular weight excluding hydrogens is 571 g/mol. The van der Waals surface area contributed by atoms with Crippen LogP contribution >= 0.6 is 11.6 Å². The molecule has 1 amide bonds. The lowest BCUT2D eigenvalue weighted by atomic mass is 10.2. The molecule has 0 saturated carbocycles. The quantitative estimate of drug-likeness (QED) is 0.376. The molecular formula is C23H21ClF3N3O6S2. The predicted octanol–water partition coefficient (Wildman–Crippen LogP) is 4.57. The number of ether oxygens (including phenoxy) is 1. The summed E-state index contributed by atoms with van der Waals surface area (Å²) in [5.74, 6) is -0.425. The summed E-state index contributed by atoms with van der Waals surface area (Å²) >= 11 is 6.07. The van der Waals surface area contributed by atoms with Gasteiger partial charge in [0.05, 0.1) is 34.5 Å². The number of nitrogens with one attached hydrogen (secondary N) is 2. The molecule has 3 aromatic rings. The van der Waals surface area contributed by atoms with Gasteiger partial charge in [0.2, 0.25) is 15.9 Å². The molecule has 0 spiro atoms. The van der Waals surface area contributed by atoms with Crippen molar-refractivity contribution < 1.29 is 39.5 Å². The van der Waals surface area contributed by atoms with Gasteiger partial charge in [-0.05, 0) is 60.7 Å². The largest absolute Gasteiger partial charge is 0.495 e. The number of hydrogen-bond donors (Lipinski definition) is 2. The van der Waals surface area contributed by atoms with Crippen molar-refractivity contribution in [2.75, 3.05) is 34.3 Å². The van der Waals surface area contributed by atoms with Crippen molar-refractivity contribution in [3.8, 4) is 5.75 Å². The molecule has 0 unspecified atom stereocenters. The van der Waals surface area contributed by atoms with Gasteiger partial charge in [-0.3, -0.25) is 13.8 Å². The summed E-state index contributed by atoms with van der Waals surface area (Å²) in [5.41, 5.74) is -1.03. The van der Waals surface area contributed by atoms with Crippen molar-refractivity contribution >= 4 is 54.6 Å². The lowest BCUT2D eigenvalue weighted by molar-refractivity contribution is -0.137. The zero-order valence-corrected chi connectivity index (χ0v) is 22.2. The zero-order chi connectivity index (χ0) is 28.3. The highest BCUT2D eigenvalue weighted by Crippen LogP contribution is 2.32. The van der Waals surface area contributed by atoms with Crippen LogP contribution in [-0.4, -0.2) is 42.7 Å². The third-order valence-electron chi connectivity index (χ3n) is 5.00. The van der Waals surface area contributed by atoms with Gasteiger partial charge in [0, 0.05) is 11.4 Å². The molecule has 0 saturated heterocycles. The van der Waals surface area contributed by atoms with E-state index >= 15 is 0 Å². The maximum absolute atomic E-state index is 12.9. The first-order valence-corrected chi connectivity index (χ1v) is 14.2. The van der Waals surface area contributed by atoms with E-state index in [0.29, 0.717) is 11.8 Å². The van der Waals surface area contributed by atoms with E-state index in [1.54, 1.807) is 0 Å². The van der Waals surface area contributed by atoms with Crippen LogP contribution in [0.4, 0.5) is 30.2 Å². The third kappa shape index (κ3) is 7.30. The number of carbonyl (C=O) groups is 1. The monoisotopic (exact) mass is 591 g/mol. The van der Waals surface area contributed by atoms with Gasteiger partial charge in [0.1, 0.15) is 12.3 Å². The Labute approximate surface area is 222 Å². The van der Waals surface area contributed by atoms with E-state index in [-0.39, 0.29) is 27.0 Å². The van der Waals surface area contributed by atoms with Gasteiger partial charge in [-0.25, -0.2) is 16.8 Å². The van der Waals surface area contributed by atoms with Crippen LogP contribution in [-0.2, 0) is 31.0 Å². The minimum atomic E-state index is -4.65. The number of methoxy groups -OCH3 is 1. The molecule has 3 rings (SSSR count). The zero-order valence-electron chi connectivity index (χ0n) is 19.8. The van der Waals surface area contributed by atoms with Crippen LogP contribution < -0.4 is 19.1 Å². The fraction of sp³-hybridized carbons (Fsp3) is 0.174. The van der Waals surface area contributed by atoms with Crippen LogP contribution in [0.15, 0.2) is 71.6 Å². The minimum Gasteiger partial charge on any atom is -0.495 e. The molecule has 2 N–H and O–H groups in total. The Morgan fingerprint density at radius 1 is 0.974 bits per heavy atom. The summed E-state index contributed by atoms with van der Waals surface area (Å²) in [6.07, 6.45) is -3.73. The number of carbonyl (C=O) groups excluding carboxylic acids is 1. The lowest BCUT2D eigenvalue weighted by Gasteiger charge is -2.22. The van der Waals surface area contributed by atoms with Crippen molar-refractivity contribution in [3.63, 3.8) is 0 Å². The Morgan fingerprint density at radius 2 is 1.63 bits per heavy atom. The number of nitrogens with zero attached hydrogens (tertiary/aromatic N) is 1. The molecule has 0 aliphatic carbocycles. The summed E-state index contributed by atoms with van der Waals surface area (Å²) in [4.78, 5) is 12.3. The first kappa shape index (κ1) is 29.1. The van der Waals surface area contributed by atoms with Gasteiger partial charge in [-0.1, -0.05) is 17.7 Å². The van der Waals surface area contributed by atoms with Crippen LogP contribution in [0, 0.1) is 0 Å². The fourth-order valence-corrected chi connectivity index (χ4v) is 5.38. The van der Waals surface area contributed by atoms with Crippen molar-refractivity contribution in [1.29, 1.82) is 0 Å². The number of benzene rings is 3. The maximum Gasteiger partial charge on any atom is 0.416 e. The molecule has 0 radical (unpaired) electrons. The van der Waals surface area contributed by atoms with E-state index in [9.17, 15) is 34.8 Å². The number of sulfonamides is 2. The Bertz CT molecular complexity index is 1550. The second kappa shape index (κ2) is 11.1. The predicted molar refractivity (Wildman–Crippen MR) is 138 cm³/mol. The van der Waals surface area contributed by atoms with Crippen LogP contribution in [0.3, 0.4) is 0 Å².